The first-order valence-electron chi connectivity index (χ1n) is 6.01. The van der Waals surface area contributed by atoms with E-state index in [4.69, 9.17) is 4.74 Å². The van der Waals surface area contributed by atoms with Crippen LogP contribution in [0.4, 0.5) is 0 Å². The number of ether oxygens (including phenoxy) is 1. The highest BCUT2D eigenvalue weighted by Gasteiger charge is 2.11. The zero-order valence-corrected chi connectivity index (χ0v) is 11.5. The second kappa shape index (κ2) is 6.85. The van der Waals surface area contributed by atoms with Crippen molar-refractivity contribution in [3.63, 3.8) is 0 Å². The smallest absolute Gasteiger partial charge is 0.118 e. The van der Waals surface area contributed by atoms with Gasteiger partial charge in [-0.1, -0.05) is 57.2 Å². The Labute approximate surface area is 110 Å². The van der Waals surface area contributed by atoms with Crippen LogP contribution in [0.25, 0.3) is 0 Å². The van der Waals surface area contributed by atoms with E-state index in [1.54, 1.807) is 7.11 Å². The number of rotatable bonds is 1. The zero-order valence-electron chi connectivity index (χ0n) is 11.5. The Hall–Kier alpha value is -1.76. The molecule has 0 unspecified atom stereocenters. The predicted octanol–water partition coefficient (Wildman–Crippen LogP) is 4.28. The zero-order chi connectivity index (χ0) is 13.4. The quantitative estimate of drug-likeness (QED) is 0.723. The van der Waals surface area contributed by atoms with Crippen LogP contribution in [-0.4, -0.2) is 7.11 Å². The molecule has 0 saturated heterocycles. The van der Waals surface area contributed by atoms with Crippen LogP contribution in [-0.2, 0) is 5.41 Å². The fourth-order valence-electron chi connectivity index (χ4n) is 1.39. The van der Waals surface area contributed by atoms with E-state index in [0.717, 1.165) is 5.75 Å². The third-order valence-electron chi connectivity index (χ3n) is 2.51. The minimum Gasteiger partial charge on any atom is -0.497 e. The summed E-state index contributed by atoms with van der Waals surface area (Å²) in [6, 6.07) is 21.4. The van der Waals surface area contributed by atoms with Crippen molar-refractivity contribution >= 4 is 0 Å². The molecule has 2 radical (unpaired) electrons. The number of methoxy groups -OCH3 is 1. The van der Waals surface area contributed by atoms with E-state index in [1.807, 2.05) is 36.4 Å². The summed E-state index contributed by atoms with van der Waals surface area (Å²) in [5.74, 6) is 0.878. The van der Waals surface area contributed by atoms with Gasteiger partial charge in [-0.25, -0.2) is 0 Å². The molecule has 18 heavy (non-hydrogen) atoms. The molecule has 2 aromatic rings. The highest BCUT2D eigenvalue weighted by Crippen LogP contribution is 2.20. The molecule has 94 valence electrons. The first kappa shape index (κ1) is 14.3. The molecule has 1 heteroatoms. The molecule has 0 N–H and O–H groups in total. The lowest BCUT2D eigenvalue weighted by molar-refractivity contribution is 0.415. The second-order valence-corrected chi connectivity index (χ2v) is 4.98. The molecule has 0 aliphatic heterocycles. The van der Waals surface area contributed by atoms with E-state index in [1.165, 1.54) is 5.56 Å². The molecule has 0 bridgehead atoms. The summed E-state index contributed by atoms with van der Waals surface area (Å²) in [6.45, 7) is 6.63. The van der Waals surface area contributed by atoms with Gasteiger partial charge in [-0.3, -0.25) is 0 Å². The SMILES string of the molecule is CC(C)(C)c1cc[c]cc1.COc1cc[c]cc1. The summed E-state index contributed by atoms with van der Waals surface area (Å²) < 4.78 is 4.89. The maximum absolute atomic E-state index is 4.89. The van der Waals surface area contributed by atoms with Crippen molar-refractivity contribution in [2.24, 2.45) is 0 Å². The summed E-state index contributed by atoms with van der Waals surface area (Å²) >= 11 is 0. The molecule has 0 saturated carbocycles. The molecule has 0 spiro atoms. The minimum absolute atomic E-state index is 0.273. The van der Waals surface area contributed by atoms with E-state index in [9.17, 15) is 0 Å². The van der Waals surface area contributed by atoms with Crippen LogP contribution in [0.3, 0.4) is 0 Å². The van der Waals surface area contributed by atoms with E-state index >= 15 is 0 Å². The van der Waals surface area contributed by atoms with Gasteiger partial charge in [0.25, 0.3) is 0 Å². The van der Waals surface area contributed by atoms with Crippen molar-refractivity contribution in [3.05, 3.63) is 66.2 Å². The van der Waals surface area contributed by atoms with Crippen molar-refractivity contribution < 1.29 is 4.74 Å². The van der Waals surface area contributed by atoms with Gasteiger partial charge >= 0.3 is 0 Å². The van der Waals surface area contributed by atoms with E-state index < -0.39 is 0 Å². The Bertz CT molecular complexity index is 426. The molecule has 0 fully saturated rings. The van der Waals surface area contributed by atoms with Crippen molar-refractivity contribution in [1.82, 2.24) is 0 Å². The largest absolute Gasteiger partial charge is 0.497 e. The standard InChI is InChI=1S/C10H13.C7H7O/c1-10(2,3)9-7-5-4-6-8-9;1-8-7-5-3-2-4-6-7/h5-8H,1-3H3;3-6H,1H3. The normalized spacial score (nSPS) is 10.2. The fraction of sp³-hybridized carbons (Fsp3) is 0.294. The molecule has 1 nitrogen and oxygen atoms in total. The van der Waals surface area contributed by atoms with Crippen molar-refractivity contribution in [3.8, 4) is 5.75 Å². The van der Waals surface area contributed by atoms with Crippen LogP contribution < -0.4 is 4.74 Å². The van der Waals surface area contributed by atoms with E-state index in [-0.39, 0.29) is 5.41 Å². The molecular formula is C17H20O. The van der Waals surface area contributed by atoms with Crippen molar-refractivity contribution in [2.45, 2.75) is 26.2 Å². The minimum atomic E-state index is 0.273. The Morgan fingerprint density at radius 3 is 1.56 bits per heavy atom. The highest BCUT2D eigenvalue weighted by molar-refractivity contribution is 5.21. The van der Waals surface area contributed by atoms with E-state index in [0.29, 0.717) is 0 Å². The summed E-state index contributed by atoms with van der Waals surface area (Å²) in [6.07, 6.45) is 0. The van der Waals surface area contributed by atoms with Crippen LogP contribution in [0.15, 0.2) is 48.5 Å². The summed E-state index contributed by atoms with van der Waals surface area (Å²) in [4.78, 5) is 0. The first-order chi connectivity index (χ1) is 8.54. The van der Waals surface area contributed by atoms with Gasteiger partial charge in [-0.2, -0.15) is 0 Å². The van der Waals surface area contributed by atoms with Gasteiger partial charge in [0.05, 0.1) is 7.11 Å². The van der Waals surface area contributed by atoms with Gasteiger partial charge in [0.1, 0.15) is 5.75 Å². The topological polar surface area (TPSA) is 9.23 Å². The number of hydrogen-bond acceptors (Lipinski definition) is 1. The lowest BCUT2D eigenvalue weighted by Gasteiger charge is -2.17. The molecule has 0 aromatic heterocycles. The van der Waals surface area contributed by atoms with Crippen LogP contribution in [0.1, 0.15) is 26.3 Å². The first-order valence-corrected chi connectivity index (χ1v) is 6.01. The Morgan fingerprint density at radius 2 is 1.28 bits per heavy atom. The molecular weight excluding hydrogens is 220 g/mol. The summed E-state index contributed by atoms with van der Waals surface area (Å²) in [5.41, 5.74) is 1.64. The highest BCUT2D eigenvalue weighted by atomic mass is 16.5. The second-order valence-electron chi connectivity index (χ2n) is 4.98. The Balaban J connectivity index is 0.000000184. The predicted molar refractivity (Wildman–Crippen MR) is 75.8 cm³/mol. The lowest BCUT2D eigenvalue weighted by Crippen LogP contribution is -2.10. The average molecular weight is 240 g/mol. The molecule has 0 aliphatic carbocycles. The number of hydrogen-bond donors (Lipinski definition) is 0. The van der Waals surface area contributed by atoms with Gasteiger partial charge in [0.2, 0.25) is 0 Å². The van der Waals surface area contributed by atoms with Crippen LogP contribution >= 0.6 is 0 Å². The average Bonchev–Trinajstić information content (AvgIpc) is 2.40. The number of benzene rings is 2. The van der Waals surface area contributed by atoms with Crippen LogP contribution in [0.2, 0.25) is 0 Å². The molecule has 0 heterocycles. The van der Waals surface area contributed by atoms with E-state index in [2.05, 4.69) is 45.0 Å². The van der Waals surface area contributed by atoms with Crippen molar-refractivity contribution in [2.75, 3.05) is 7.11 Å². The molecule has 0 amide bonds. The van der Waals surface area contributed by atoms with Gasteiger partial charge in [-0.15, -0.1) is 0 Å². The van der Waals surface area contributed by atoms with Gasteiger partial charge in [-0.05, 0) is 35.2 Å². The molecule has 2 aromatic carbocycles. The fourth-order valence-corrected chi connectivity index (χ4v) is 1.39. The Kier molecular flexibility index (Phi) is 5.44. The van der Waals surface area contributed by atoms with Crippen LogP contribution in [0.5, 0.6) is 5.75 Å². The van der Waals surface area contributed by atoms with Gasteiger partial charge in [0, 0.05) is 0 Å². The third-order valence-corrected chi connectivity index (χ3v) is 2.51. The monoisotopic (exact) mass is 240 g/mol. The van der Waals surface area contributed by atoms with Gasteiger partial charge < -0.3 is 4.74 Å². The maximum Gasteiger partial charge on any atom is 0.118 e. The van der Waals surface area contributed by atoms with Gasteiger partial charge in [0.15, 0.2) is 0 Å². The molecule has 0 aliphatic rings. The van der Waals surface area contributed by atoms with Crippen molar-refractivity contribution in [1.29, 1.82) is 0 Å². The molecule has 2 rings (SSSR count). The summed E-state index contributed by atoms with van der Waals surface area (Å²) in [5, 5.41) is 0. The molecule has 0 atom stereocenters. The third kappa shape index (κ3) is 5.05. The van der Waals surface area contributed by atoms with Crippen LogP contribution in [0, 0.1) is 12.1 Å². The Morgan fingerprint density at radius 1 is 0.833 bits per heavy atom. The summed E-state index contributed by atoms with van der Waals surface area (Å²) in [7, 11) is 1.65. The lowest BCUT2D eigenvalue weighted by atomic mass is 9.87. The maximum atomic E-state index is 4.89.